The van der Waals surface area contributed by atoms with Crippen molar-refractivity contribution in [3.8, 4) is 11.1 Å². The van der Waals surface area contributed by atoms with Gasteiger partial charge >= 0.3 is 6.09 Å². The predicted molar refractivity (Wildman–Crippen MR) is 124 cm³/mol. The highest BCUT2D eigenvalue weighted by molar-refractivity contribution is 5.67. The monoisotopic (exact) mass is 462 g/mol. The molecule has 4 atom stereocenters. The topological polar surface area (TPSA) is 90.1 Å². The number of hydrogen-bond acceptors (Lipinski definition) is 6. The first-order valence-electron chi connectivity index (χ1n) is 11.8. The van der Waals surface area contributed by atoms with Crippen molar-refractivity contribution in [3.05, 3.63) is 71.6 Å². The molecule has 0 saturated heterocycles. The fourth-order valence-electron chi connectivity index (χ4n) is 5.30. The second-order valence-corrected chi connectivity index (χ2v) is 8.97. The smallest absolute Gasteiger partial charge is 0.407 e. The molecule has 1 fully saturated rings. The van der Waals surface area contributed by atoms with Crippen molar-refractivity contribution in [1.82, 2.24) is 20.6 Å². The number of rotatable bonds is 5. The summed E-state index contributed by atoms with van der Waals surface area (Å²) in [6.45, 7) is 2.17. The number of allylic oxidation sites excluding steroid dienone is 1. The van der Waals surface area contributed by atoms with Gasteiger partial charge < -0.3 is 10.1 Å². The number of nitrogens with zero attached hydrogens (tertiary/aromatic N) is 3. The van der Waals surface area contributed by atoms with Crippen LogP contribution in [0.25, 0.3) is 17.2 Å². The van der Waals surface area contributed by atoms with Gasteiger partial charge in [-0.2, -0.15) is 0 Å². The maximum Gasteiger partial charge on any atom is 0.407 e. The number of ether oxygens (including phenoxy) is 1. The van der Waals surface area contributed by atoms with Gasteiger partial charge in [0.2, 0.25) is 0 Å². The summed E-state index contributed by atoms with van der Waals surface area (Å²) in [7, 11) is 0. The van der Waals surface area contributed by atoms with E-state index in [1.807, 2.05) is 24.3 Å². The fraction of sp³-hybridized carbons (Fsp3) is 0.385. The molecule has 5 rings (SSSR count). The van der Waals surface area contributed by atoms with Crippen LogP contribution in [0.1, 0.15) is 49.2 Å². The SMILES string of the molecule is CCOC(=O)N[C@@H]1CC[C@@H]2[C@H](Cc3nonc3[C@H]2C=Cc2ccc(-c3cccc(F)c3)cn2)C1. The third-order valence-corrected chi connectivity index (χ3v) is 6.88. The zero-order valence-electron chi connectivity index (χ0n) is 19.0. The normalized spacial score (nSPS) is 23.8. The Morgan fingerprint density at radius 1 is 1.24 bits per heavy atom. The molecular weight excluding hydrogens is 435 g/mol. The number of carbonyl (C=O) groups excluding carboxylic acids is 1. The Morgan fingerprint density at radius 2 is 2.15 bits per heavy atom. The number of carbonyl (C=O) groups is 1. The van der Waals surface area contributed by atoms with Gasteiger partial charge in [0.1, 0.15) is 17.2 Å². The lowest BCUT2D eigenvalue weighted by Gasteiger charge is -2.41. The molecule has 176 valence electrons. The Balaban J connectivity index is 1.32. The number of hydrogen-bond donors (Lipinski definition) is 1. The van der Waals surface area contributed by atoms with Crippen LogP contribution in [-0.2, 0) is 11.2 Å². The minimum atomic E-state index is -0.352. The molecule has 1 saturated carbocycles. The van der Waals surface area contributed by atoms with Gasteiger partial charge in [-0.1, -0.05) is 34.6 Å². The number of nitrogens with one attached hydrogen (secondary N) is 1. The standard InChI is InChI=1S/C26H27FN4O3/c1-2-33-26(32)29-21-9-10-22-18(13-21)14-24-25(31-34-30-24)23(22)11-8-20-7-6-17(15-28-20)16-4-3-5-19(27)12-16/h3-8,11-12,15,18,21-23H,2,9-10,13-14H2,1H3,(H,29,32)/t18-,21+,22+,23-/m0/s1. The van der Waals surface area contributed by atoms with E-state index in [1.165, 1.54) is 12.1 Å². The lowest BCUT2D eigenvalue weighted by molar-refractivity contribution is 0.128. The Labute approximate surface area is 197 Å². The quantitative estimate of drug-likeness (QED) is 0.564. The number of halogens is 1. The number of aromatic nitrogens is 3. The van der Waals surface area contributed by atoms with Crippen LogP contribution in [-0.4, -0.2) is 34.0 Å². The molecule has 0 radical (unpaired) electrons. The highest BCUT2D eigenvalue weighted by Gasteiger charge is 2.42. The maximum atomic E-state index is 13.5. The van der Waals surface area contributed by atoms with Gasteiger partial charge in [-0.25, -0.2) is 13.8 Å². The Bertz CT molecular complexity index is 1180. The van der Waals surface area contributed by atoms with Gasteiger partial charge in [0.15, 0.2) is 0 Å². The molecule has 2 aliphatic rings. The first-order chi connectivity index (χ1) is 16.6. The van der Waals surface area contributed by atoms with Gasteiger partial charge in [0, 0.05) is 23.7 Å². The molecule has 0 bridgehead atoms. The molecule has 8 heteroatoms. The van der Waals surface area contributed by atoms with Crippen molar-refractivity contribution in [2.24, 2.45) is 11.8 Å². The van der Waals surface area contributed by atoms with Crippen molar-refractivity contribution < 1.29 is 18.6 Å². The summed E-state index contributed by atoms with van der Waals surface area (Å²) in [5.41, 5.74) is 4.26. The van der Waals surface area contributed by atoms with Crippen molar-refractivity contribution in [2.45, 2.75) is 44.6 Å². The van der Waals surface area contributed by atoms with Crippen LogP contribution in [0, 0.1) is 17.7 Å². The zero-order valence-corrected chi connectivity index (χ0v) is 19.0. The van der Waals surface area contributed by atoms with Crippen LogP contribution in [0.5, 0.6) is 0 Å². The number of benzene rings is 1. The third-order valence-electron chi connectivity index (χ3n) is 6.88. The average molecular weight is 463 g/mol. The van der Waals surface area contributed by atoms with E-state index >= 15 is 0 Å². The van der Waals surface area contributed by atoms with Crippen LogP contribution in [0.15, 0.2) is 53.3 Å². The van der Waals surface area contributed by atoms with E-state index in [0.717, 1.165) is 53.9 Å². The number of fused-ring (bicyclic) bond motifs is 2. The molecule has 1 aromatic carbocycles. The zero-order chi connectivity index (χ0) is 23.5. The lowest BCUT2D eigenvalue weighted by Crippen LogP contribution is -2.44. The molecule has 2 heterocycles. The average Bonchev–Trinajstić information content (AvgIpc) is 3.30. The van der Waals surface area contributed by atoms with Crippen molar-refractivity contribution >= 4 is 12.2 Å². The Kier molecular flexibility index (Phi) is 6.38. The van der Waals surface area contributed by atoms with E-state index in [2.05, 4.69) is 26.7 Å². The van der Waals surface area contributed by atoms with Crippen LogP contribution >= 0.6 is 0 Å². The molecule has 7 nitrogen and oxygen atoms in total. The summed E-state index contributed by atoms with van der Waals surface area (Å²) in [4.78, 5) is 16.4. The van der Waals surface area contributed by atoms with Crippen molar-refractivity contribution in [1.29, 1.82) is 0 Å². The molecule has 1 amide bonds. The molecule has 3 aromatic rings. The van der Waals surface area contributed by atoms with Gasteiger partial charge in [-0.3, -0.25) is 4.98 Å². The largest absolute Gasteiger partial charge is 0.450 e. The number of amides is 1. The highest BCUT2D eigenvalue weighted by atomic mass is 19.1. The molecule has 1 N–H and O–H groups in total. The summed E-state index contributed by atoms with van der Waals surface area (Å²) >= 11 is 0. The third kappa shape index (κ3) is 4.71. The molecule has 2 aliphatic carbocycles. The van der Waals surface area contributed by atoms with Crippen LogP contribution in [0.2, 0.25) is 0 Å². The van der Waals surface area contributed by atoms with Gasteiger partial charge in [-0.05, 0) is 74.3 Å². The van der Waals surface area contributed by atoms with E-state index in [9.17, 15) is 9.18 Å². The maximum absolute atomic E-state index is 13.5. The lowest BCUT2D eigenvalue weighted by atomic mass is 9.64. The molecular formula is C26H27FN4O3. The molecule has 0 spiro atoms. The predicted octanol–water partition coefficient (Wildman–Crippen LogP) is 5.15. The number of pyridine rings is 1. The van der Waals surface area contributed by atoms with E-state index in [-0.39, 0.29) is 23.9 Å². The Hall–Kier alpha value is -3.55. The van der Waals surface area contributed by atoms with E-state index < -0.39 is 0 Å². The van der Waals surface area contributed by atoms with E-state index in [0.29, 0.717) is 18.4 Å². The fourth-order valence-corrected chi connectivity index (χ4v) is 5.30. The van der Waals surface area contributed by atoms with Crippen LogP contribution in [0.3, 0.4) is 0 Å². The Morgan fingerprint density at radius 3 is 2.94 bits per heavy atom. The minimum Gasteiger partial charge on any atom is -0.450 e. The van der Waals surface area contributed by atoms with Crippen molar-refractivity contribution in [3.63, 3.8) is 0 Å². The summed E-state index contributed by atoms with van der Waals surface area (Å²) in [5.74, 6) is 0.575. The summed E-state index contributed by atoms with van der Waals surface area (Å²) < 4.78 is 23.7. The molecule has 34 heavy (non-hydrogen) atoms. The second-order valence-electron chi connectivity index (χ2n) is 8.97. The van der Waals surface area contributed by atoms with E-state index in [1.54, 1.807) is 19.2 Å². The van der Waals surface area contributed by atoms with Crippen LogP contribution in [0.4, 0.5) is 9.18 Å². The number of alkyl carbamates (subject to hydrolysis) is 1. The molecule has 2 aromatic heterocycles. The first-order valence-corrected chi connectivity index (χ1v) is 11.8. The highest BCUT2D eigenvalue weighted by Crippen LogP contribution is 2.46. The van der Waals surface area contributed by atoms with Crippen molar-refractivity contribution in [2.75, 3.05) is 6.61 Å². The first kappa shape index (κ1) is 22.3. The summed E-state index contributed by atoms with van der Waals surface area (Å²) in [6, 6.07) is 10.5. The summed E-state index contributed by atoms with van der Waals surface area (Å²) in [6.07, 6.45) is 9.09. The van der Waals surface area contributed by atoms with Crippen LogP contribution < -0.4 is 5.32 Å². The summed E-state index contributed by atoms with van der Waals surface area (Å²) in [5, 5.41) is 11.3. The minimum absolute atomic E-state index is 0.0771. The van der Waals surface area contributed by atoms with Gasteiger partial charge in [-0.15, -0.1) is 0 Å². The van der Waals surface area contributed by atoms with Gasteiger partial charge in [0.25, 0.3) is 0 Å². The van der Waals surface area contributed by atoms with E-state index in [4.69, 9.17) is 9.37 Å². The van der Waals surface area contributed by atoms with Gasteiger partial charge in [0.05, 0.1) is 12.3 Å². The molecule has 0 aliphatic heterocycles. The molecule has 0 unspecified atom stereocenters. The second kappa shape index (κ2) is 9.75.